The molecule has 2 nitrogen and oxygen atoms in total. The van der Waals surface area contributed by atoms with Gasteiger partial charge in [-0.25, -0.2) is 4.98 Å². The van der Waals surface area contributed by atoms with Crippen LogP contribution in [0.5, 0.6) is 0 Å². The van der Waals surface area contributed by atoms with E-state index in [-0.39, 0.29) is 0 Å². The highest BCUT2D eigenvalue weighted by molar-refractivity contribution is 9.10. The number of halogens is 1. The number of rotatable bonds is 1. The van der Waals surface area contributed by atoms with Gasteiger partial charge in [0.1, 0.15) is 5.82 Å². The van der Waals surface area contributed by atoms with Crippen molar-refractivity contribution < 1.29 is 0 Å². The summed E-state index contributed by atoms with van der Waals surface area (Å²) in [6.45, 7) is 3.97. The Labute approximate surface area is 86.4 Å². The lowest BCUT2D eigenvalue weighted by atomic mass is 10.3. The topological polar surface area (TPSA) is 16.1 Å². The molecule has 0 saturated heterocycles. The van der Waals surface area contributed by atoms with E-state index in [1.165, 1.54) is 0 Å². The number of pyridine rings is 1. The van der Waals surface area contributed by atoms with Crippen LogP contribution in [-0.2, 0) is 0 Å². The Kier molecular flexibility index (Phi) is 2.36. The van der Waals surface area contributed by atoms with Gasteiger partial charge in [0.15, 0.2) is 0 Å². The lowest BCUT2D eigenvalue weighted by Gasteiger charge is -2.16. The van der Waals surface area contributed by atoms with E-state index in [4.69, 9.17) is 0 Å². The minimum Gasteiger partial charge on any atom is -0.349 e. The molecule has 0 saturated carbocycles. The van der Waals surface area contributed by atoms with Gasteiger partial charge in [-0.1, -0.05) is 12.2 Å². The summed E-state index contributed by atoms with van der Waals surface area (Å²) in [5.74, 6) is 1.06. The molecule has 0 N–H and O–H groups in total. The molecule has 1 aliphatic heterocycles. The van der Waals surface area contributed by atoms with Crippen LogP contribution in [0.15, 0.2) is 28.8 Å². The van der Waals surface area contributed by atoms with Crippen molar-refractivity contribution in [3.63, 3.8) is 0 Å². The van der Waals surface area contributed by atoms with Gasteiger partial charge in [0, 0.05) is 17.6 Å². The summed E-state index contributed by atoms with van der Waals surface area (Å²) in [5, 5.41) is 0. The van der Waals surface area contributed by atoms with E-state index in [9.17, 15) is 0 Å². The second-order valence-electron chi connectivity index (χ2n) is 3.11. The normalized spacial score (nSPS) is 15.4. The first-order valence-corrected chi connectivity index (χ1v) is 5.10. The quantitative estimate of drug-likeness (QED) is 0.700. The largest absolute Gasteiger partial charge is 0.349 e. The predicted octanol–water partition coefficient (Wildman–Crippen LogP) is 2.53. The zero-order valence-electron chi connectivity index (χ0n) is 7.50. The molecule has 0 amide bonds. The van der Waals surface area contributed by atoms with Gasteiger partial charge < -0.3 is 4.90 Å². The summed E-state index contributed by atoms with van der Waals surface area (Å²) in [6.07, 6.45) is 4.33. The second-order valence-corrected chi connectivity index (χ2v) is 3.97. The predicted molar refractivity (Wildman–Crippen MR) is 58.0 cm³/mol. The molecule has 68 valence electrons. The first kappa shape index (κ1) is 8.75. The number of hydrogen-bond acceptors (Lipinski definition) is 2. The smallest absolute Gasteiger partial charge is 0.129 e. The number of aromatic nitrogens is 1. The monoisotopic (exact) mass is 238 g/mol. The molecule has 0 bridgehead atoms. The highest BCUT2D eigenvalue weighted by Crippen LogP contribution is 2.20. The maximum atomic E-state index is 4.49. The summed E-state index contributed by atoms with van der Waals surface area (Å²) in [7, 11) is 0. The fourth-order valence-corrected chi connectivity index (χ4v) is 1.59. The number of hydrogen-bond donors (Lipinski definition) is 0. The van der Waals surface area contributed by atoms with Gasteiger partial charge >= 0.3 is 0 Å². The minimum absolute atomic E-state index is 0.980. The van der Waals surface area contributed by atoms with Gasteiger partial charge in [0.2, 0.25) is 0 Å². The third-order valence-electron chi connectivity index (χ3n) is 2.15. The average molecular weight is 239 g/mol. The molecule has 1 aliphatic rings. The van der Waals surface area contributed by atoms with E-state index >= 15 is 0 Å². The molecular formula is C10H11BrN2. The number of aryl methyl sites for hydroxylation is 1. The summed E-state index contributed by atoms with van der Waals surface area (Å²) in [4.78, 5) is 6.73. The molecule has 0 spiro atoms. The van der Waals surface area contributed by atoms with Crippen LogP contribution in [0, 0.1) is 6.92 Å². The van der Waals surface area contributed by atoms with Crippen molar-refractivity contribution in [1.29, 1.82) is 0 Å². The standard InChI is InChI=1S/C10H11BrN2/c1-8-9(11)4-5-10(12-8)13-6-2-3-7-13/h2-5H,6-7H2,1H3. The second kappa shape index (κ2) is 3.50. The zero-order valence-corrected chi connectivity index (χ0v) is 9.08. The fraction of sp³-hybridized carbons (Fsp3) is 0.300. The van der Waals surface area contributed by atoms with Crippen LogP contribution >= 0.6 is 15.9 Å². The van der Waals surface area contributed by atoms with Crippen molar-refractivity contribution in [2.75, 3.05) is 18.0 Å². The Balaban J connectivity index is 2.26. The molecule has 1 aromatic heterocycles. The first-order chi connectivity index (χ1) is 6.27. The van der Waals surface area contributed by atoms with Crippen LogP contribution in [0.1, 0.15) is 5.69 Å². The summed E-state index contributed by atoms with van der Waals surface area (Å²) in [5.41, 5.74) is 1.05. The van der Waals surface area contributed by atoms with E-state index in [0.717, 1.165) is 29.1 Å². The van der Waals surface area contributed by atoms with Crippen molar-refractivity contribution in [2.24, 2.45) is 0 Å². The molecule has 2 heterocycles. The lowest BCUT2D eigenvalue weighted by molar-refractivity contribution is 0.956. The van der Waals surface area contributed by atoms with Crippen molar-refractivity contribution in [3.8, 4) is 0 Å². The molecule has 0 aromatic carbocycles. The van der Waals surface area contributed by atoms with Crippen LogP contribution in [0.4, 0.5) is 5.82 Å². The Morgan fingerprint density at radius 2 is 2.00 bits per heavy atom. The van der Waals surface area contributed by atoms with Crippen molar-refractivity contribution in [3.05, 3.63) is 34.5 Å². The summed E-state index contributed by atoms with van der Waals surface area (Å²) < 4.78 is 1.07. The minimum atomic E-state index is 0.980. The highest BCUT2D eigenvalue weighted by Gasteiger charge is 2.09. The maximum absolute atomic E-state index is 4.49. The van der Waals surface area contributed by atoms with Gasteiger partial charge in [-0.15, -0.1) is 0 Å². The molecule has 0 radical (unpaired) electrons. The van der Waals surface area contributed by atoms with Crippen molar-refractivity contribution >= 4 is 21.7 Å². The van der Waals surface area contributed by atoms with Gasteiger partial charge in [-0.2, -0.15) is 0 Å². The summed E-state index contributed by atoms with van der Waals surface area (Å²) in [6, 6.07) is 4.10. The van der Waals surface area contributed by atoms with E-state index < -0.39 is 0 Å². The molecule has 0 aliphatic carbocycles. The van der Waals surface area contributed by atoms with Crippen LogP contribution in [0.3, 0.4) is 0 Å². The maximum Gasteiger partial charge on any atom is 0.129 e. The Morgan fingerprint density at radius 3 is 2.62 bits per heavy atom. The molecule has 13 heavy (non-hydrogen) atoms. The van der Waals surface area contributed by atoms with Crippen molar-refractivity contribution in [1.82, 2.24) is 4.98 Å². The van der Waals surface area contributed by atoms with Crippen molar-refractivity contribution in [2.45, 2.75) is 6.92 Å². The van der Waals surface area contributed by atoms with Crippen LogP contribution < -0.4 is 4.90 Å². The third kappa shape index (κ3) is 1.75. The molecule has 2 rings (SSSR count). The Bertz CT molecular complexity index is 339. The average Bonchev–Trinajstić information content (AvgIpc) is 2.62. The van der Waals surface area contributed by atoms with Gasteiger partial charge in [0.25, 0.3) is 0 Å². The molecule has 1 aromatic rings. The molecule has 3 heteroatoms. The van der Waals surface area contributed by atoms with Crippen LogP contribution in [0.2, 0.25) is 0 Å². The van der Waals surface area contributed by atoms with Crippen LogP contribution in [0.25, 0.3) is 0 Å². The molecule has 0 fully saturated rings. The molecule has 0 unspecified atom stereocenters. The third-order valence-corrected chi connectivity index (χ3v) is 2.99. The zero-order chi connectivity index (χ0) is 9.26. The van der Waals surface area contributed by atoms with Gasteiger partial charge in [-0.3, -0.25) is 0 Å². The van der Waals surface area contributed by atoms with Gasteiger partial charge in [-0.05, 0) is 35.0 Å². The molecule has 0 atom stereocenters. The number of nitrogens with zero attached hydrogens (tertiary/aromatic N) is 2. The summed E-state index contributed by atoms with van der Waals surface area (Å²) >= 11 is 3.44. The van der Waals surface area contributed by atoms with E-state index in [0.29, 0.717) is 0 Å². The van der Waals surface area contributed by atoms with E-state index in [1.54, 1.807) is 0 Å². The first-order valence-electron chi connectivity index (χ1n) is 4.30. The fourth-order valence-electron chi connectivity index (χ4n) is 1.37. The Hall–Kier alpha value is -0.830. The van der Waals surface area contributed by atoms with E-state index in [1.807, 2.05) is 13.0 Å². The number of anilines is 1. The highest BCUT2D eigenvalue weighted by atomic mass is 79.9. The lowest BCUT2D eigenvalue weighted by Crippen LogP contribution is -2.19. The molecular weight excluding hydrogens is 228 g/mol. The Morgan fingerprint density at radius 1 is 1.31 bits per heavy atom. The van der Waals surface area contributed by atoms with E-state index in [2.05, 4.69) is 44.0 Å². The SMILES string of the molecule is Cc1nc(N2CC=CC2)ccc1Br. The van der Waals surface area contributed by atoms with Crippen LogP contribution in [-0.4, -0.2) is 18.1 Å². The van der Waals surface area contributed by atoms with Gasteiger partial charge in [0.05, 0.1) is 5.69 Å².